The normalized spacial score (nSPS) is 11.5. The topological polar surface area (TPSA) is 84.0 Å². The minimum Gasteiger partial charge on any atom is -0.337 e. The van der Waals surface area contributed by atoms with Gasteiger partial charge in [0.2, 0.25) is 0 Å². The Morgan fingerprint density at radius 1 is 0.613 bits per heavy atom. The minimum atomic E-state index is -3.82. The minimum absolute atomic E-state index is 0.135. The molecule has 0 radical (unpaired) electrons. The fourth-order valence-electron chi connectivity index (χ4n) is 3.35. The molecule has 0 aliphatic heterocycles. The van der Waals surface area contributed by atoms with Crippen LogP contribution >= 0.6 is 0 Å². The average Bonchev–Trinajstić information content (AvgIpc) is 2.80. The van der Waals surface area contributed by atoms with Crippen LogP contribution in [-0.4, -0.2) is 18.4 Å². The Hall–Kier alpha value is -3.97. The van der Waals surface area contributed by atoms with E-state index in [0.29, 0.717) is 16.9 Å². The van der Waals surface area contributed by atoms with E-state index in [1.165, 1.54) is 12.1 Å². The molecule has 0 spiro atoms. The molecule has 0 unspecified atom stereocenters. The molecule has 1 aromatic heterocycles. The molecule has 5 aromatic rings. The quantitative estimate of drug-likeness (QED) is 0.397. The summed E-state index contributed by atoms with van der Waals surface area (Å²) in [6, 6.07) is 29.4. The van der Waals surface area contributed by atoms with Crippen LogP contribution in [0.5, 0.6) is 0 Å². The lowest BCUT2D eigenvalue weighted by Crippen LogP contribution is -2.16. The second-order valence-corrected chi connectivity index (χ2v) is 8.70. The molecular weight excluding hydrogens is 408 g/mol. The third-order valence-corrected chi connectivity index (χ3v) is 6.22. The molecule has 152 valence electrons. The van der Waals surface area contributed by atoms with E-state index in [2.05, 4.69) is 20.0 Å². The number of anilines is 3. The molecule has 0 saturated carbocycles. The van der Waals surface area contributed by atoms with Crippen LogP contribution in [0.15, 0.2) is 102 Å². The number of rotatable bonds is 5. The van der Waals surface area contributed by atoms with E-state index in [9.17, 15) is 8.42 Å². The van der Waals surface area contributed by atoms with Gasteiger partial charge in [-0.25, -0.2) is 18.4 Å². The first-order valence-electron chi connectivity index (χ1n) is 9.69. The number of aromatic nitrogens is 2. The van der Waals surface area contributed by atoms with E-state index in [4.69, 9.17) is 0 Å². The Morgan fingerprint density at radius 2 is 1.23 bits per heavy atom. The SMILES string of the molecule is O=S(=O)(Nc1nc2ccccc2nc1Nc1ccc2ccccc2c1)c1ccccc1. The average molecular weight is 427 g/mol. The van der Waals surface area contributed by atoms with E-state index in [1.807, 2.05) is 60.7 Å². The van der Waals surface area contributed by atoms with Gasteiger partial charge in [-0.2, -0.15) is 0 Å². The molecule has 1 heterocycles. The number of para-hydroxylation sites is 2. The number of hydrogen-bond acceptors (Lipinski definition) is 5. The highest BCUT2D eigenvalue weighted by Gasteiger charge is 2.18. The Morgan fingerprint density at radius 3 is 1.97 bits per heavy atom. The molecule has 0 atom stereocenters. The van der Waals surface area contributed by atoms with Crippen LogP contribution in [0.3, 0.4) is 0 Å². The monoisotopic (exact) mass is 426 g/mol. The second-order valence-electron chi connectivity index (χ2n) is 7.02. The molecule has 0 bridgehead atoms. The fraction of sp³-hybridized carbons (Fsp3) is 0. The summed E-state index contributed by atoms with van der Waals surface area (Å²) in [5.74, 6) is 0.462. The van der Waals surface area contributed by atoms with Gasteiger partial charge in [-0.15, -0.1) is 0 Å². The third-order valence-electron chi connectivity index (χ3n) is 4.87. The van der Waals surface area contributed by atoms with Crippen molar-refractivity contribution in [2.45, 2.75) is 4.90 Å². The Bertz CT molecular complexity index is 1500. The highest BCUT2D eigenvalue weighted by atomic mass is 32.2. The highest BCUT2D eigenvalue weighted by molar-refractivity contribution is 7.92. The summed E-state index contributed by atoms with van der Waals surface area (Å²) in [6.45, 7) is 0. The second kappa shape index (κ2) is 7.70. The van der Waals surface area contributed by atoms with Gasteiger partial charge in [-0.1, -0.05) is 60.7 Å². The summed E-state index contributed by atoms with van der Waals surface area (Å²) >= 11 is 0. The maximum atomic E-state index is 12.9. The van der Waals surface area contributed by atoms with Crippen LogP contribution in [0.1, 0.15) is 0 Å². The van der Waals surface area contributed by atoms with Gasteiger partial charge in [-0.05, 0) is 47.2 Å². The summed E-state index contributed by atoms with van der Waals surface area (Å²) in [5.41, 5.74) is 2.04. The highest BCUT2D eigenvalue weighted by Crippen LogP contribution is 2.28. The largest absolute Gasteiger partial charge is 0.337 e. The van der Waals surface area contributed by atoms with Gasteiger partial charge in [0.25, 0.3) is 10.0 Å². The van der Waals surface area contributed by atoms with Gasteiger partial charge >= 0.3 is 0 Å². The van der Waals surface area contributed by atoms with Crippen molar-refractivity contribution in [3.05, 3.63) is 97.1 Å². The predicted octanol–water partition coefficient (Wildman–Crippen LogP) is 5.33. The van der Waals surface area contributed by atoms with E-state index in [1.54, 1.807) is 24.3 Å². The van der Waals surface area contributed by atoms with Crippen LogP contribution < -0.4 is 10.0 Å². The first-order valence-corrected chi connectivity index (χ1v) is 11.2. The van der Waals surface area contributed by atoms with Crippen LogP contribution in [0, 0.1) is 0 Å². The van der Waals surface area contributed by atoms with Gasteiger partial charge in [0.1, 0.15) is 0 Å². The van der Waals surface area contributed by atoms with Gasteiger partial charge in [0.15, 0.2) is 11.6 Å². The standard InChI is InChI=1S/C24H18N4O2S/c29-31(30,20-10-2-1-3-11-20)28-24-23(26-21-12-6-7-13-22(21)27-24)25-19-15-14-17-8-4-5-9-18(17)16-19/h1-16H,(H,25,26)(H,27,28). The smallest absolute Gasteiger partial charge is 0.263 e. The van der Waals surface area contributed by atoms with Crippen molar-refractivity contribution in [2.24, 2.45) is 0 Å². The first kappa shape index (κ1) is 19.0. The lowest BCUT2D eigenvalue weighted by atomic mass is 10.1. The lowest BCUT2D eigenvalue weighted by Gasteiger charge is -2.14. The van der Waals surface area contributed by atoms with Gasteiger partial charge in [-0.3, -0.25) is 4.72 Å². The summed E-state index contributed by atoms with van der Waals surface area (Å²) in [5, 5.41) is 5.41. The molecule has 7 heteroatoms. The maximum Gasteiger partial charge on any atom is 0.263 e. The van der Waals surface area contributed by atoms with E-state index in [-0.39, 0.29) is 10.7 Å². The van der Waals surface area contributed by atoms with Crippen molar-refractivity contribution in [1.82, 2.24) is 9.97 Å². The van der Waals surface area contributed by atoms with Crippen molar-refractivity contribution in [2.75, 3.05) is 10.0 Å². The number of benzene rings is 4. The zero-order valence-electron chi connectivity index (χ0n) is 16.4. The summed E-state index contributed by atoms with van der Waals surface area (Å²) in [7, 11) is -3.82. The zero-order chi connectivity index (χ0) is 21.3. The number of hydrogen-bond donors (Lipinski definition) is 2. The van der Waals surface area contributed by atoms with E-state index < -0.39 is 10.0 Å². The van der Waals surface area contributed by atoms with Gasteiger partial charge in [0.05, 0.1) is 15.9 Å². The molecule has 2 N–H and O–H groups in total. The van der Waals surface area contributed by atoms with Crippen LogP contribution in [-0.2, 0) is 10.0 Å². The Balaban J connectivity index is 1.59. The van der Waals surface area contributed by atoms with Crippen LogP contribution in [0.25, 0.3) is 21.8 Å². The van der Waals surface area contributed by atoms with Crippen molar-refractivity contribution < 1.29 is 8.42 Å². The van der Waals surface area contributed by atoms with E-state index >= 15 is 0 Å². The van der Waals surface area contributed by atoms with Crippen molar-refractivity contribution in [3.63, 3.8) is 0 Å². The molecule has 0 aliphatic carbocycles. The van der Waals surface area contributed by atoms with Gasteiger partial charge in [0, 0.05) is 5.69 Å². The van der Waals surface area contributed by atoms with Crippen molar-refractivity contribution in [3.8, 4) is 0 Å². The lowest BCUT2D eigenvalue weighted by molar-refractivity contribution is 0.601. The molecule has 0 fully saturated rings. The summed E-state index contributed by atoms with van der Waals surface area (Å²) in [4.78, 5) is 9.31. The number of nitrogens with one attached hydrogen (secondary N) is 2. The zero-order valence-corrected chi connectivity index (χ0v) is 17.2. The van der Waals surface area contributed by atoms with Crippen LogP contribution in [0.4, 0.5) is 17.3 Å². The Labute approximate surface area is 179 Å². The Kier molecular flexibility index (Phi) is 4.72. The number of nitrogens with zero attached hydrogens (tertiary/aromatic N) is 2. The van der Waals surface area contributed by atoms with E-state index in [0.717, 1.165) is 16.5 Å². The third kappa shape index (κ3) is 3.91. The molecular formula is C24H18N4O2S. The number of sulfonamides is 1. The molecule has 0 saturated heterocycles. The molecule has 0 aliphatic rings. The van der Waals surface area contributed by atoms with Crippen LogP contribution in [0.2, 0.25) is 0 Å². The predicted molar refractivity (Wildman–Crippen MR) is 124 cm³/mol. The summed E-state index contributed by atoms with van der Waals surface area (Å²) < 4.78 is 28.4. The van der Waals surface area contributed by atoms with Crippen molar-refractivity contribution >= 4 is 49.2 Å². The van der Waals surface area contributed by atoms with Crippen molar-refractivity contribution in [1.29, 1.82) is 0 Å². The molecule has 6 nitrogen and oxygen atoms in total. The number of fused-ring (bicyclic) bond motifs is 2. The maximum absolute atomic E-state index is 12.9. The molecule has 0 amide bonds. The summed E-state index contributed by atoms with van der Waals surface area (Å²) in [6.07, 6.45) is 0. The fourth-order valence-corrected chi connectivity index (χ4v) is 4.38. The molecule has 31 heavy (non-hydrogen) atoms. The first-order chi connectivity index (χ1) is 15.1. The van der Waals surface area contributed by atoms with Gasteiger partial charge < -0.3 is 5.32 Å². The molecule has 4 aromatic carbocycles. The molecule has 5 rings (SSSR count).